The lowest BCUT2D eigenvalue weighted by Crippen LogP contribution is -2.39. The summed E-state index contributed by atoms with van der Waals surface area (Å²) in [4.78, 5) is 8.61. The van der Waals surface area contributed by atoms with Gasteiger partial charge in [-0.05, 0) is 12.8 Å². The lowest BCUT2D eigenvalue weighted by atomic mass is 10.2. The minimum absolute atomic E-state index is 0.578. The van der Waals surface area contributed by atoms with Gasteiger partial charge in [0.1, 0.15) is 0 Å². The van der Waals surface area contributed by atoms with Gasteiger partial charge in [0.2, 0.25) is 0 Å². The first-order chi connectivity index (χ1) is 9.61. The monoisotopic (exact) mass is 298 g/mol. The van der Waals surface area contributed by atoms with E-state index in [1.54, 1.807) is 18.4 Å². The summed E-state index contributed by atoms with van der Waals surface area (Å²) in [7, 11) is 1.78. The van der Waals surface area contributed by atoms with Crippen LogP contribution in [0.1, 0.15) is 24.5 Å². The van der Waals surface area contributed by atoms with E-state index in [4.69, 9.17) is 4.74 Å². The number of aromatic nitrogens is 1. The van der Waals surface area contributed by atoms with Crippen molar-refractivity contribution in [1.29, 1.82) is 0 Å². The van der Waals surface area contributed by atoms with Crippen molar-refractivity contribution in [1.82, 2.24) is 15.6 Å². The van der Waals surface area contributed by atoms with Gasteiger partial charge in [-0.25, -0.2) is 4.98 Å². The minimum Gasteiger partial charge on any atom is -0.379 e. The molecule has 0 aromatic carbocycles. The number of nitrogens with zero attached hydrogens (tertiary/aromatic N) is 2. The summed E-state index contributed by atoms with van der Waals surface area (Å²) in [6.45, 7) is 9.42. The highest BCUT2D eigenvalue weighted by Crippen LogP contribution is 2.07. The Hall–Kier alpha value is -1.14. The summed E-state index contributed by atoms with van der Waals surface area (Å²) in [6, 6.07) is 0. The van der Waals surface area contributed by atoms with Crippen LogP contribution in [0.5, 0.6) is 0 Å². The molecule has 1 heterocycles. The van der Waals surface area contributed by atoms with Gasteiger partial charge in [-0.3, -0.25) is 4.99 Å². The third-order valence-electron chi connectivity index (χ3n) is 2.55. The van der Waals surface area contributed by atoms with Gasteiger partial charge in [0.05, 0.1) is 17.3 Å². The van der Waals surface area contributed by atoms with Crippen molar-refractivity contribution in [3.05, 3.63) is 16.1 Å². The van der Waals surface area contributed by atoms with E-state index in [-0.39, 0.29) is 0 Å². The molecule has 0 spiro atoms. The zero-order valence-corrected chi connectivity index (χ0v) is 13.7. The molecule has 114 valence electrons. The van der Waals surface area contributed by atoms with Gasteiger partial charge in [-0.15, -0.1) is 11.3 Å². The van der Waals surface area contributed by atoms with E-state index in [0.29, 0.717) is 12.5 Å². The molecule has 0 fully saturated rings. The fourth-order valence-electron chi connectivity index (χ4n) is 1.61. The maximum absolute atomic E-state index is 5.51. The number of hydrogen-bond acceptors (Lipinski definition) is 4. The zero-order valence-electron chi connectivity index (χ0n) is 12.9. The van der Waals surface area contributed by atoms with Crippen LogP contribution in [-0.4, -0.2) is 44.3 Å². The molecule has 0 aliphatic rings. The first-order valence-corrected chi connectivity index (χ1v) is 7.93. The molecule has 0 amide bonds. The maximum atomic E-state index is 5.51. The molecule has 0 aliphatic heterocycles. The van der Waals surface area contributed by atoms with Crippen LogP contribution in [-0.2, 0) is 11.2 Å². The van der Waals surface area contributed by atoms with Crippen LogP contribution < -0.4 is 10.6 Å². The lowest BCUT2D eigenvalue weighted by molar-refractivity contribution is 0.114. The van der Waals surface area contributed by atoms with Gasteiger partial charge in [0, 0.05) is 38.5 Å². The van der Waals surface area contributed by atoms with Crippen molar-refractivity contribution >= 4 is 17.3 Å². The number of thiazole rings is 1. The van der Waals surface area contributed by atoms with Crippen LogP contribution in [0.2, 0.25) is 0 Å². The molecule has 2 N–H and O–H groups in total. The van der Waals surface area contributed by atoms with Crippen LogP contribution in [0, 0.1) is 12.8 Å². The molecule has 0 unspecified atom stereocenters. The van der Waals surface area contributed by atoms with Gasteiger partial charge in [0.25, 0.3) is 0 Å². The highest BCUT2D eigenvalue weighted by molar-refractivity contribution is 7.09. The van der Waals surface area contributed by atoms with Crippen molar-refractivity contribution in [2.24, 2.45) is 10.9 Å². The first-order valence-electron chi connectivity index (χ1n) is 7.05. The Morgan fingerprint density at radius 2 is 2.15 bits per heavy atom. The summed E-state index contributed by atoms with van der Waals surface area (Å²) in [5.74, 6) is 1.39. The molecule has 1 aromatic rings. The fraction of sp³-hybridized carbons (Fsp3) is 0.714. The number of aryl methyl sites for hydroxylation is 1. The van der Waals surface area contributed by atoms with E-state index in [9.17, 15) is 0 Å². The summed E-state index contributed by atoms with van der Waals surface area (Å²) < 4.78 is 5.51. The van der Waals surface area contributed by atoms with Crippen molar-refractivity contribution in [2.45, 2.75) is 27.2 Å². The highest BCUT2D eigenvalue weighted by Gasteiger charge is 2.00. The topological polar surface area (TPSA) is 58.5 Å². The normalized spacial score (nSPS) is 11.9. The van der Waals surface area contributed by atoms with Crippen LogP contribution in [0.25, 0.3) is 0 Å². The molecule has 0 saturated heterocycles. The van der Waals surface area contributed by atoms with Gasteiger partial charge >= 0.3 is 0 Å². The molecule has 0 bridgehead atoms. The van der Waals surface area contributed by atoms with Gasteiger partial charge in [-0.2, -0.15) is 0 Å². The lowest BCUT2D eigenvalue weighted by Gasteiger charge is -2.12. The number of ether oxygens (including phenoxy) is 1. The molecule has 0 saturated carbocycles. The Bertz CT molecular complexity index is 404. The third kappa shape index (κ3) is 7.45. The second kappa shape index (κ2) is 9.72. The minimum atomic E-state index is 0.578. The maximum Gasteiger partial charge on any atom is 0.191 e. The molecule has 1 aromatic heterocycles. The van der Waals surface area contributed by atoms with E-state index in [2.05, 4.69) is 39.8 Å². The number of rotatable bonds is 8. The summed E-state index contributed by atoms with van der Waals surface area (Å²) in [6.07, 6.45) is 0.912. The van der Waals surface area contributed by atoms with Crippen LogP contribution in [0.3, 0.4) is 0 Å². The fourth-order valence-corrected chi connectivity index (χ4v) is 2.26. The SMILES string of the molecule is CN=C(NCCOCC(C)C)NCCc1csc(C)n1. The Balaban J connectivity index is 2.10. The largest absolute Gasteiger partial charge is 0.379 e. The molecule has 0 aliphatic carbocycles. The highest BCUT2D eigenvalue weighted by atomic mass is 32.1. The smallest absolute Gasteiger partial charge is 0.191 e. The quantitative estimate of drug-likeness (QED) is 0.437. The van der Waals surface area contributed by atoms with Crippen molar-refractivity contribution in [3.8, 4) is 0 Å². The average Bonchev–Trinajstić information content (AvgIpc) is 2.81. The molecule has 1 rings (SSSR count). The number of aliphatic imine (C=N–C) groups is 1. The predicted octanol–water partition coefficient (Wildman–Crippen LogP) is 1.83. The standard InChI is InChI=1S/C14H26N4OS/c1-11(2)9-19-8-7-17-14(15-4)16-6-5-13-10-20-12(3)18-13/h10-11H,5-9H2,1-4H3,(H2,15,16,17). The molecular formula is C14H26N4OS. The molecule has 0 radical (unpaired) electrons. The predicted molar refractivity (Wildman–Crippen MR) is 85.6 cm³/mol. The van der Waals surface area contributed by atoms with Crippen LogP contribution >= 0.6 is 11.3 Å². The number of hydrogen-bond donors (Lipinski definition) is 2. The molecule has 6 heteroatoms. The summed E-state index contributed by atoms with van der Waals surface area (Å²) in [5, 5.41) is 9.73. The van der Waals surface area contributed by atoms with E-state index in [1.165, 1.54) is 0 Å². The van der Waals surface area contributed by atoms with E-state index in [0.717, 1.165) is 42.8 Å². The molecular weight excluding hydrogens is 272 g/mol. The number of guanidine groups is 1. The van der Waals surface area contributed by atoms with Gasteiger partial charge in [-0.1, -0.05) is 13.8 Å². The number of nitrogens with one attached hydrogen (secondary N) is 2. The van der Waals surface area contributed by atoms with Gasteiger partial charge < -0.3 is 15.4 Å². The molecule has 0 atom stereocenters. The van der Waals surface area contributed by atoms with E-state index < -0.39 is 0 Å². The van der Waals surface area contributed by atoms with Crippen molar-refractivity contribution in [2.75, 3.05) is 33.4 Å². The van der Waals surface area contributed by atoms with E-state index in [1.807, 2.05) is 6.92 Å². The van der Waals surface area contributed by atoms with Gasteiger partial charge in [0.15, 0.2) is 5.96 Å². The Labute approximate surface area is 125 Å². The second-order valence-electron chi connectivity index (χ2n) is 5.00. The summed E-state index contributed by atoms with van der Waals surface area (Å²) >= 11 is 1.69. The summed E-state index contributed by atoms with van der Waals surface area (Å²) in [5.41, 5.74) is 1.13. The molecule has 5 nitrogen and oxygen atoms in total. The first kappa shape index (κ1) is 16.9. The van der Waals surface area contributed by atoms with Crippen LogP contribution in [0.4, 0.5) is 0 Å². The Morgan fingerprint density at radius 3 is 2.75 bits per heavy atom. The molecule has 20 heavy (non-hydrogen) atoms. The Kier molecular flexibility index (Phi) is 8.22. The zero-order chi connectivity index (χ0) is 14.8. The average molecular weight is 298 g/mol. The van der Waals surface area contributed by atoms with Crippen molar-refractivity contribution < 1.29 is 4.74 Å². The second-order valence-corrected chi connectivity index (χ2v) is 6.06. The Morgan fingerprint density at radius 1 is 1.40 bits per heavy atom. The van der Waals surface area contributed by atoms with Crippen LogP contribution in [0.15, 0.2) is 10.4 Å². The van der Waals surface area contributed by atoms with Crippen molar-refractivity contribution in [3.63, 3.8) is 0 Å². The van der Waals surface area contributed by atoms with E-state index >= 15 is 0 Å². The third-order valence-corrected chi connectivity index (χ3v) is 3.38.